The van der Waals surface area contributed by atoms with Crippen LogP contribution in [0.25, 0.3) is 0 Å². The van der Waals surface area contributed by atoms with Crippen LogP contribution >= 0.6 is 15.9 Å². The first-order valence-electron chi connectivity index (χ1n) is 7.60. The zero-order valence-corrected chi connectivity index (χ0v) is 13.9. The number of nitrogens with zero attached hydrogens (tertiary/aromatic N) is 2. The van der Waals surface area contributed by atoms with E-state index in [-0.39, 0.29) is 17.9 Å². The highest BCUT2D eigenvalue weighted by Gasteiger charge is 2.31. The molecule has 2 aliphatic heterocycles. The van der Waals surface area contributed by atoms with Crippen molar-refractivity contribution in [2.75, 3.05) is 32.8 Å². The van der Waals surface area contributed by atoms with E-state index < -0.39 is 0 Å². The fourth-order valence-corrected chi connectivity index (χ4v) is 3.31. The maximum Gasteiger partial charge on any atom is 0.254 e. The van der Waals surface area contributed by atoms with Crippen LogP contribution in [0.3, 0.4) is 0 Å². The molecule has 1 atom stereocenters. The summed E-state index contributed by atoms with van der Waals surface area (Å²) in [5.74, 6) is 0.0950. The van der Waals surface area contributed by atoms with E-state index in [9.17, 15) is 9.59 Å². The Bertz CT molecular complexity index is 564. The first-order valence-corrected chi connectivity index (χ1v) is 8.40. The summed E-state index contributed by atoms with van der Waals surface area (Å²) < 4.78 is 6.34. The van der Waals surface area contributed by atoms with Gasteiger partial charge in [0.15, 0.2) is 0 Å². The van der Waals surface area contributed by atoms with Gasteiger partial charge >= 0.3 is 0 Å². The minimum atomic E-state index is -0.271. The molecule has 2 aliphatic rings. The van der Waals surface area contributed by atoms with E-state index >= 15 is 0 Å². The van der Waals surface area contributed by atoms with E-state index in [4.69, 9.17) is 4.74 Å². The van der Waals surface area contributed by atoms with Crippen molar-refractivity contribution in [3.8, 4) is 0 Å². The molecule has 0 bridgehead atoms. The van der Waals surface area contributed by atoms with Gasteiger partial charge in [-0.1, -0.05) is 22.0 Å². The fourth-order valence-electron chi connectivity index (χ4n) is 2.91. The van der Waals surface area contributed by atoms with Gasteiger partial charge in [0.25, 0.3) is 11.8 Å². The van der Waals surface area contributed by atoms with Crippen molar-refractivity contribution in [1.29, 1.82) is 0 Å². The number of hydrogen-bond acceptors (Lipinski definition) is 3. The molecule has 5 nitrogen and oxygen atoms in total. The van der Waals surface area contributed by atoms with Gasteiger partial charge in [0.05, 0.1) is 0 Å². The van der Waals surface area contributed by atoms with Gasteiger partial charge in [0.1, 0.15) is 6.10 Å². The Balaban J connectivity index is 1.57. The van der Waals surface area contributed by atoms with Crippen LogP contribution in [0, 0.1) is 0 Å². The number of piperazine rings is 1. The smallest absolute Gasteiger partial charge is 0.254 e. The van der Waals surface area contributed by atoms with Crippen molar-refractivity contribution in [2.45, 2.75) is 18.9 Å². The Morgan fingerprint density at radius 1 is 1.14 bits per heavy atom. The van der Waals surface area contributed by atoms with Crippen LogP contribution in [-0.4, -0.2) is 60.5 Å². The van der Waals surface area contributed by atoms with Crippen molar-refractivity contribution in [3.05, 3.63) is 34.3 Å². The van der Waals surface area contributed by atoms with E-state index in [1.54, 1.807) is 4.90 Å². The van der Waals surface area contributed by atoms with E-state index in [1.807, 2.05) is 29.2 Å². The Morgan fingerprint density at radius 3 is 2.50 bits per heavy atom. The average Bonchev–Trinajstić information content (AvgIpc) is 3.08. The molecule has 0 N–H and O–H groups in total. The van der Waals surface area contributed by atoms with Gasteiger partial charge in [0, 0.05) is 42.8 Å². The zero-order chi connectivity index (χ0) is 15.5. The second-order valence-electron chi connectivity index (χ2n) is 5.63. The van der Waals surface area contributed by atoms with Crippen LogP contribution in [0.4, 0.5) is 0 Å². The third-order valence-corrected chi connectivity index (χ3v) is 4.65. The second-order valence-corrected chi connectivity index (χ2v) is 6.55. The van der Waals surface area contributed by atoms with Crippen LogP contribution in [0.15, 0.2) is 28.7 Å². The Kier molecular flexibility index (Phi) is 4.78. The monoisotopic (exact) mass is 366 g/mol. The maximum atomic E-state index is 12.5. The molecule has 118 valence electrons. The first kappa shape index (κ1) is 15.5. The van der Waals surface area contributed by atoms with Crippen LogP contribution < -0.4 is 0 Å². The van der Waals surface area contributed by atoms with E-state index in [1.165, 1.54) is 0 Å². The number of rotatable bonds is 2. The van der Waals surface area contributed by atoms with Gasteiger partial charge in [-0.3, -0.25) is 9.59 Å². The summed E-state index contributed by atoms with van der Waals surface area (Å²) in [5.41, 5.74) is 0.674. The van der Waals surface area contributed by atoms with Gasteiger partial charge in [-0.05, 0) is 31.0 Å². The highest BCUT2D eigenvalue weighted by molar-refractivity contribution is 9.10. The SMILES string of the molecule is O=C(c1cccc(Br)c1)N1CCN(C(=O)[C@@H]2CCCO2)CC1. The van der Waals surface area contributed by atoms with Crippen LogP contribution in [0.2, 0.25) is 0 Å². The van der Waals surface area contributed by atoms with E-state index in [0.717, 1.165) is 17.3 Å². The van der Waals surface area contributed by atoms with Crippen LogP contribution in [-0.2, 0) is 9.53 Å². The molecule has 2 amide bonds. The summed E-state index contributed by atoms with van der Waals surface area (Å²) in [6, 6.07) is 7.40. The standard InChI is InChI=1S/C16H19BrN2O3/c17-13-4-1-3-12(11-13)15(20)18-6-8-19(9-7-18)16(21)14-5-2-10-22-14/h1,3-4,11,14H,2,5-10H2/t14-/m0/s1. The number of amides is 2. The van der Waals surface area contributed by atoms with Crippen molar-refractivity contribution < 1.29 is 14.3 Å². The largest absolute Gasteiger partial charge is 0.368 e. The predicted octanol–water partition coefficient (Wildman–Crippen LogP) is 1.91. The lowest BCUT2D eigenvalue weighted by Gasteiger charge is -2.35. The number of ether oxygens (including phenoxy) is 1. The first-order chi connectivity index (χ1) is 10.6. The summed E-state index contributed by atoms with van der Waals surface area (Å²) in [7, 11) is 0. The fraction of sp³-hybridized carbons (Fsp3) is 0.500. The number of hydrogen-bond donors (Lipinski definition) is 0. The van der Waals surface area contributed by atoms with Gasteiger partial charge in [0.2, 0.25) is 0 Å². The minimum absolute atomic E-state index is 0.0190. The number of carbonyl (C=O) groups is 2. The van der Waals surface area contributed by atoms with Crippen molar-refractivity contribution >= 4 is 27.7 Å². The summed E-state index contributed by atoms with van der Waals surface area (Å²) in [6.07, 6.45) is 1.50. The topological polar surface area (TPSA) is 49.9 Å². The Morgan fingerprint density at radius 2 is 1.86 bits per heavy atom. The summed E-state index contributed by atoms with van der Waals surface area (Å²) >= 11 is 3.38. The van der Waals surface area contributed by atoms with Gasteiger partial charge < -0.3 is 14.5 Å². The number of benzene rings is 1. The summed E-state index contributed by atoms with van der Waals surface area (Å²) in [4.78, 5) is 28.4. The molecule has 3 rings (SSSR count). The lowest BCUT2D eigenvalue weighted by molar-refractivity contribution is -0.142. The predicted molar refractivity (Wildman–Crippen MR) is 85.6 cm³/mol. The molecule has 22 heavy (non-hydrogen) atoms. The molecular formula is C16H19BrN2O3. The second kappa shape index (κ2) is 6.79. The van der Waals surface area contributed by atoms with Gasteiger partial charge in [-0.15, -0.1) is 0 Å². The molecule has 0 aliphatic carbocycles. The lowest BCUT2D eigenvalue weighted by atomic mass is 10.1. The molecule has 2 saturated heterocycles. The average molecular weight is 367 g/mol. The quantitative estimate of drug-likeness (QED) is 0.803. The van der Waals surface area contributed by atoms with Crippen LogP contribution in [0.1, 0.15) is 23.2 Å². The molecule has 0 aromatic heterocycles. The third-order valence-electron chi connectivity index (χ3n) is 4.16. The van der Waals surface area contributed by atoms with Crippen molar-refractivity contribution in [1.82, 2.24) is 9.80 Å². The zero-order valence-electron chi connectivity index (χ0n) is 12.3. The molecule has 6 heteroatoms. The molecule has 2 fully saturated rings. The number of halogens is 1. The number of carbonyl (C=O) groups excluding carboxylic acids is 2. The Labute approximate surface area is 138 Å². The molecule has 1 aromatic rings. The van der Waals surface area contributed by atoms with Gasteiger partial charge in [-0.2, -0.15) is 0 Å². The highest BCUT2D eigenvalue weighted by Crippen LogP contribution is 2.18. The molecule has 0 saturated carbocycles. The third kappa shape index (κ3) is 3.33. The molecule has 0 radical (unpaired) electrons. The van der Waals surface area contributed by atoms with Crippen molar-refractivity contribution in [3.63, 3.8) is 0 Å². The van der Waals surface area contributed by atoms with Crippen molar-refractivity contribution in [2.24, 2.45) is 0 Å². The normalized spacial score (nSPS) is 22.0. The highest BCUT2D eigenvalue weighted by atomic mass is 79.9. The Hall–Kier alpha value is -1.40. The lowest BCUT2D eigenvalue weighted by Crippen LogP contribution is -2.52. The summed E-state index contributed by atoms with van der Waals surface area (Å²) in [5, 5.41) is 0. The molecule has 1 aromatic carbocycles. The summed E-state index contributed by atoms with van der Waals surface area (Å²) in [6.45, 7) is 2.99. The van der Waals surface area contributed by atoms with E-state index in [2.05, 4.69) is 15.9 Å². The van der Waals surface area contributed by atoms with E-state index in [0.29, 0.717) is 38.3 Å². The molecule has 0 unspecified atom stereocenters. The van der Waals surface area contributed by atoms with Gasteiger partial charge in [-0.25, -0.2) is 0 Å². The maximum absolute atomic E-state index is 12.5. The molecule has 0 spiro atoms. The molecule has 2 heterocycles. The molecular weight excluding hydrogens is 348 g/mol. The van der Waals surface area contributed by atoms with Crippen LogP contribution in [0.5, 0.6) is 0 Å². The minimum Gasteiger partial charge on any atom is -0.368 e.